The standard InChI is InChI=1S/C24H31ClO8/c1-16(14-18(26)15-25)11-13-24(22(29)32-3,23(30)33-4)12-7-5-6-8-17-9-10-19(27)20(17)21(28)31-2/h5-8,14,17,20H,9-13,15H2,1-4H3/b7-5+,8-6-,16-14-. The van der Waals surface area contributed by atoms with E-state index in [-0.39, 0.29) is 42.6 Å². The maximum atomic E-state index is 12.6. The molecule has 1 aliphatic carbocycles. The number of halogens is 1. The van der Waals surface area contributed by atoms with Crippen LogP contribution in [0.2, 0.25) is 0 Å². The predicted molar refractivity (Wildman–Crippen MR) is 121 cm³/mol. The van der Waals surface area contributed by atoms with Gasteiger partial charge in [0.2, 0.25) is 0 Å². The van der Waals surface area contributed by atoms with Crippen LogP contribution in [0.15, 0.2) is 36.0 Å². The molecule has 182 valence electrons. The summed E-state index contributed by atoms with van der Waals surface area (Å²) in [5, 5.41) is 0. The highest BCUT2D eigenvalue weighted by molar-refractivity contribution is 6.29. The molecule has 0 aromatic carbocycles. The number of methoxy groups -OCH3 is 3. The zero-order valence-electron chi connectivity index (χ0n) is 19.4. The quantitative estimate of drug-likeness (QED) is 0.104. The lowest BCUT2D eigenvalue weighted by atomic mass is 9.78. The molecule has 1 fully saturated rings. The van der Waals surface area contributed by atoms with Gasteiger partial charge in [-0.1, -0.05) is 29.9 Å². The van der Waals surface area contributed by atoms with Crippen molar-refractivity contribution >= 4 is 41.1 Å². The number of allylic oxidation sites excluding steroid dienone is 6. The highest BCUT2D eigenvalue weighted by Gasteiger charge is 2.47. The molecule has 0 bridgehead atoms. The summed E-state index contributed by atoms with van der Waals surface area (Å²) in [6, 6.07) is 0. The van der Waals surface area contributed by atoms with E-state index in [1.54, 1.807) is 31.2 Å². The highest BCUT2D eigenvalue weighted by Crippen LogP contribution is 2.34. The van der Waals surface area contributed by atoms with Gasteiger partial charge in [0.25, 0.3) is 0 Å². The number of Topliss-reactive ketones (excluding diaryl/α,β-unsaturated/α-hetero) is 1. The molecule has 2 atom stereocenters. The minimum absolute atomic E-state index is 0.00253. The first-order valence-corrected chi connectivity index (χ1v) is 11.1. The molecule has 0 N–H and O–H groups in total. The molecule has 1 aliphatic rings. The Morgan fingerprint density at radius 2 is 1.70 bits per heavy atom. The van der Waals surface area contributed by atoms with E-state index in [9.17, 15) is 24.0 Å². The second kappa shape index (κ2) is 13.7. The van der Waals surface area contributed by atoms with Crippen LogP contribution < -0.4 is 0 Å². The van der Waals surface area contributed by atoms with Crippen molar-refractivity contribution in [3.05, 3.63) is 36.0 Å². The van der Waals surface area contributed by atoms with Crippen LogP contribution in [0.4, 0.5) is 0 Å². The first-order chi connectivity index (χ1) is 15.7. The number of ether oxygens (including phenoxy) is 3. The minimum Gasteiger partial charge on any atom is -0.468 e. The summed E-state index contributed by atoms with van der Waals surface area (Å²) < 4.78 is 14.5. The van der Waals surface area contributed by atoms with Gasteiger partial charge in [-0.25, -0.2) is 0 Å². The maximum absolute atomic E-state index is 12.6. The second-order valence-corrected chi connectivity index (χ2v) is 8.11. The molecule has 0 radical (unpaired) electrons. The summed E-state index contributed by atoms with van der Waals surface area (Å²) in [6.45, 7) is 1.71. The third-order valence-electron chi connectivity index (χ3n) is 5.66. The smallest absolute Gasteiger partial charge is 0.323 e. The van der Waals surface area contributed by atoms with E-state index in [2.05, 4.69) is 0 Å². The number of ketones is 2. The number of carbonyl (C=O) groups excluding carboxylic acids is 5. The molecule has 0 aromatic heterocycles. The van der Waals surface area contributed by atoms with Crippen LogP contribution in [0.25, 0.3) is 0 Å². The molecule has 0 aromatic rings. The summed E-state index contributed by atoms with van der Waals surface area (Å²) in [4.78, 5) is 60.6. The number of hydrogen-bond donors (Lipinski definition) is 0. The van der Waals surface area contributed by atoms with Crippen LogP contribution in [-0.2, 0) is 38.2 Å². The van der Waals surface area contributed by atoms with Gasteiger partial charge in [0.1, 0.15) is 11.7 Å². The molecule has 0 spiro atoms. The molecule has 1 saturated carbocycles. The minimum atomic E-state index is -1.59. The van der Waals surface area contributed by atoms with Crippen LogP contribution in [0.5, 0.6) is 0 Å². The van der Waals surface area contributed by atoms with Crippen LogP contribution in [-0.4, -0.2) is 56.7 Å². The van der Waals surface area contributed by atoms with Gasteiger partial charge >= 0.3 is 17.9 Å². The summed E-state index contributed by atoms with van der Waals surface area (Å²) in [6.07, 6.45) is 9.25. The van der Waals surface area contributed by atoms with E-state index >= 15 is 0 Å². The molecule has 2 unspecified atom stereocenters. The van der Waals surface area contributed by atoms with Gasteiger partial charge in [0.15, 0.2) is 11.2 Å². The van der Waals surface area contributed by atoms with Gasteiger partial charge < -0.3 is 14.2 Å². The number of rotatable bonds is 12. The molecule has 0 saturated heterocycles. The monoisotopic (exact) mass is 482 g/mol. The molecule has 8 nitrogen and oxygen atoms in total. The Labute approximate surface area is 199 Å². The fourth-order valence-electron chi connectivity index (χ4n) is 3.81. The zero-order valence-corrected chi connectivity index (χ0v) is 20.2. The van der Waals surface area contributed by atoms with E-state index in [0.717, 1.165) is 0 Å². The van der Waals surface area contributed by atoms with E-state index < -0.39 is 29.2 Å². The summed E-state index contributed by atoms with van der Waals surface area (Å²) in [5.41, 5.74) is -0.924. The van der Waals surface area contributed by atoms with Crippen molar-refractivity contribution in [3.8, 4) is 0 Å². The molecule has 0 aliphatic heterocycles. The average Bonchev–Trinajstić information content (AvgIpc) is 3.19. The van der Waals surface area contributed by atoms with Gasteiger partial charge in [0.05, 0.1) is 27.2 Å². The molecule has 1 rings (SSSR count). The lowest BCUT2D eigenvalue weighted by Crippen LogP contribution is -2.41. The average molecular weight is 483 g/mol. The van der Waals surface area contributed by atoms with Crippen molar-refractivity contribution in [2.75, 3.05) is 27.2 Å². The zero-order chi connectivity index (χ0) is 25.0. The Morgan fingerprint density at radius 3 is 2.24 bits per heavy atom. The molecule has 9 heteroatoms. The first-order valence-electron chi connectivity index (χ1n) is 10.5. The van der Waals surface area contributed by atoms with Crippen molar-refractivity contribution in [1.82, 2.24) is 0 Å². The largest absolute Gasteiger partial charge is 0.468 e. The van der Waals surface area contributed by atoms with Gasteiger partial charge in [-0.15, -0.1) is 11.6 Å². The summed E-state index contributed by atoms with van der Waals surface area (Å²) in [5.74, 6) is -3.69. The molecule has 0 amide bonds. The number of alkyl halides is 1. The summed E-state index contributed by atoms with van der Waals surface area (Å²) >= 11 is 5.52. The van der Waals surface area contributed by atoms with Crippen molar-refractivity contribution < 1.29 is 38.2 Å². The van der Waals surface area contributed by atoms with E-state index in [4.69, 9.17) is 25.8 Å². The Kier molecular flexibility index (Phi) is 11.8. The van der Waals surface area contributed by atoms with E-state index in [1.165, 1.54) is 27.4 Å². The van der Waals surface area contributed by atoms with E-state index in [0.29, 0.717) is 18.4 Å². The van der Waals surface area contributed by atoms with Crippen molar-refractivity contribution in [1.29, 1.82) is 0 Å². The van der Waals surface area contributed by atoms with Crippen LogP contribution in [0, 0.1) is 17.3 Å². The molecular weight excluding hydrogens is 452 g/mol. The van der Waals surface area contributed by atoms with Crippen molar-refractivity contribution in [3.63, 3.8) is 0 Å². The molecular formula is C24H31ClO8. The van der Waals surface area contributed by atoms with Gasteiger partial charge in [-0.3, -0.25) is 24.0 Å². The summed E-state index contributed by atoms with van der Waals surface area (Å²) in [7, 11) is 3.62. The van der Waals surface area contributed by atoms with Gasteiger partial charge in [0, 0.05) is 6.42 Å². The van der Waals surface area contributed by atoms with Crippen molar-refractivity contribution in [2.45, 2.75) is 39.0 Å². The molecule has 0 heterocycles. The van der Waals surface area contributed by atoms with Crippen LogP contribution in [0.1, 0.15) is 39.0 Å². The number of hydrogen-bond acceptors (Lipinski definition) is 8. The van der Waals surface area contributed by atoms with E-state index in [1.807, 2.05) is 0 Å². The normalized spacial score (nSPS) is 19.2. The fraction of sp³-hybridized carbons (Fsp3) is 0.542. The van der Waals surface area contributed by atoms with Crippen molar-refractivity contribution in [2.24, 2.45) is 17.3 Å². The Hall–Kier alpha value is -2.74. The Balaban J connectivity index is 3.01. The fourth-order valence-corrected chi connectivity index (χ4v) is 3.89. The highest BCUT2D eigenvalue weighted by atomic mass is 35.5. The second-order valence-electron chi connectivity index (χ2n) is 7.84. The lowest BCUT2D eigenvalue weighted by Gasteiger charge is -2.27. The third kappa shape index (κ3) is 7.67. The Morgan fingerprint density at radius 1 is 1.06 bits per heavy atom. The Bertz CT molecular complexity index is 823. The number of carbonyl (C=O) groups is 5. The topological polar surface area (TPSA) is 113 Å². The number of esters is 3. The van der Waals surface area contributed by atoms with Crippen LogP contribution in [0.3, 0.4) is 0 Å². The first kappa shape index (κ1) is 28.3. The van der Waals surface area contributed by atoms with Gasteiger partial charge in [-0.2, -0.15) is 0 Å². The third-order valence-corrected chi connectivity index (χ3v) is 5.93. The maximum Gasteiger partial charge on any atom is 0.323 e. The SMILES string of the molecule is COC(=O)C1C(=O)CCC1/C=C\C=C\CC(CC/C(C)=C\C(=O)CCl)(C(=O)OC)C(=O)OC. The van der Waals surface area contributed by atoms with Crippen LogP contribution >= 0.6 is 11.6 Å². The van der Waals surface area contributed by atoms with Gasteiger partial charge in [-0.05, 0) is 44.6 Å². The lowest BCUT2D eigenvalue weighted by molar-refractivity contribution is -0.169. The predicted octanol–water partition coefficient (Wildman–Crippen LogP) is 3.12. The molecule has 33 heavy (non-hydrogen) atoms.